The van der Waals surface area contributed by atoms with Crippen molar-refractivity contribution in [2.24, 2.45) is 0 Å². The molecule has 0 amide bonds. The van der Waals surface area contributed by atoms with Crippen molar-refractivity contribution in [1.29, 1.82) is 0 Å². The molecule has 0 aromatic heterocycles. The van der Waals surface area contributed by atoms with E-state index in [1.807, 2.05) is 0 Å². The van der Waals surface area contributed by atoms with E-state index in [0.717, 1.165) is 6.04 Å². The summed E-state index contributed by atoms with van der Waals surface area (Å²) < 4.78 is 0. The predicted octanol–water partition coefficient (Wildman–Crippen LogP) is 2.60. The Morgan fingerprint density at radius 1 is 1.29 bits per heavy atom. The molecule has 0 saturated carbocycles. The van der Waals surface area contributed by atoms with Crippen LogP contribution >= 0.6 is 0 Å². The van der Waals surface area contributed by atoms with Gasteiger partial charge in [-0.15, -0.1) is 0 Å². The Hall–Kier alpha value is -0.820. The van der Waals surface area contributed by atoms with Crippen molar-refractivity contribution in [3.8, 4) is 0 Å². The summed E-state index contributed by atoms with van der Waals surface area (Å²) in [6.45, 7) is 5.57. The van der Waals surface area contributed by atoms with Crippen LogP contribution in [0.15, 0.2) is 18.2 Å². The Balaban J connectivity index is 2.05. The minimum Gasteiger partial charge on any atom is -0.314 e. The summed E-state index contributed by atoms with van der Waals surface area (Å²) in [6.07, 6.45) is 3.88. The lowest BCUT2D eigenvalue weighted by Crippen LogP contribution is -2.23. The summed E-state index contributed by atoms with van der Waals surface area (Å²) in [5, 5.41) is 3.54. The van der Waals surface area contributed by atoms with Crippen molar-refractivity contribution in [1.82, 2.24) is 5.32 Å². The van der Waals surface area contributed by atoms with E-state index < -0.39 is 0 Å². The van der Waals surface area contributed by atoms with Crippen LogP contribution in [-0.4, -0.2) is 12.6 Å². The van der Waals surface area contributed by atoms with Gasteiger partial charge in [-0.25, -0.2) is 0 Å². The van der Waals surface area contributed by atoms with Crippen LogP contribution in [0.4, 0.5) is 0 Å². The van der Waals surface area contributed by atoms with E-state index >= 15 is 0 Å². The largest absolute Gasteiger partial charge is 0.314 e. The summed E-state index contributed by atoms with van der Waals surface area (Å²) in [4.78, 5) is 0. The fraction of sp³-hybridized carbons (Fsp3) is 0.538. The summed E-state index contributed by atoms with van der Waals surface area (Å²) >= 11 is 0. The number of hydrogen-bond acceptors (Lipinski definition) is 1. The van der Waals surface area contributed by atoms with Crippen LogP contribution in [0.2, 0.25) is 0 Å². The maximum absolute atomic E-state index is 3.54. The second-order valence-electron chi connectivity index (χ2n) is 4.42. The van der Waals surface area contributed by atoms with Crippen LogP contribution in [0.25, 0.3) is 0 Å². The molecule has 1 saturated heterocycles. The third-order valence-electron chi connectivity index (χ3n) is 3.22. The van der Waals surface area contributed by atoms with Gasteiger partial charge in [0.25, 0.3) is 0 Å². The second kappa shape index (κ2) is 4.14. The molecule has 1 aromatic carbocycles. The quantitative estimate of drug-likeness (QED) is 0.754. The molecular formula is C13H19N. The Morgan fingerprint density at radius 3 is 2.79 bits per heavy atom. The molecule has 0 radical (unpaired) electrons. The molecule has 14 heavy (non-hydrogen) atoms. The van der Waals surface area contributed by atoms with E-state index in [1.54, 1.807) is 0 Å². The second-order valence-corrected chi connectivity index (χ2v) is 4.42. The number of aryl methyl sites for hydroxylation is 2. The highest BCUT2D eigenvalue weighted by atomic mass is 14.9. The Labute approximate surface area is 86.5 Å². The monoisotopic (exact) mass is 189 g/mol. The molecule has 0 spiro atoms. The lowest BCUT2D eigenvalue weighted by Gasteiger charge is -2.11. The van der Waals surface area contributed by atoms with Gasteiger partial charge in [0.1, 0.15) is 0 Å². The summed E-state index contributed by atoms with van der Waals surface area (Å²) in [5.41, 5.74) is 4.29. The number of benzene rings is 1. The molecule has 1 aliphatic rings. The van der Waals surface area contributed by atoms with Gasteiger partial charge in [0.15, 0.2) is 0 Å². The van der Waals surface area contributed by atoms with Gasteiger partial charge < -0.3 is 5.32 Å². The predicted molar refractivity (Wildman–Crippen MR) is 60.6 cm³/mol. The fourth-order valence-electron chi connectivity index (χ4n) is 2.15. The molecule has 1 nitrogen and oxygen atoms in total. The molecule has 1 heterocycles. The van der Waals surface area contributed by atoms with Gasteiger partial charge in [-0.2, -0.15) is 0 Å². The molecule has 2 rings (SSSR count). The van der Waals surface area contributed by atoms with Crippen LogP contribution in [-0.2, 0) is 6.42 Å². The van der Waals surface area contributed by atoms with Gasteiger partial charge in [-0.3, -0.25) is 0 Å². The van der Waals surface area contributed by atoms with E-state index in [-0.39, 0.29) is 0 Å². The molecule has 0 aliphatic carbocycles. The van der Waals surface area contributed by atoms with Crippen molar-refractivity contribution >= 4 is 0 Å². The molecule has 1 fully saturated rings. The van der Waals surface area contributed by atoms with Gasteiger partial charge in [0, 0.05) is 6.04 Å². The lowest BCUT2D eigenvalue weighted by atomic mass is 10.0. The number of nitrogens with one attached hydrogen (secondary N) is 1. The van der Waals surface area contributed by atoms with Crippen LogP contribution in [0.3, 0.4) is 0 Å². The lowest BCUT2D eigenvalue weighted by molar-refractivity contribution is 0.603. The molecule has 1 atom stereocenters. The third-order valence-corrected chi connectivity index (χ3v) is 3.22. The van der Waals surface area contributed by atoms with Crippen LogP contribution in [0.1, 0.15) is 29.5 Å². The Bertz CT molecular complexity index is 311. The zero-order valence-electron chi connectivity index (χ0n) is 9.14. The van der Waals surface area contributed by atoms with E-state index in [2.05, 4.69) is 37.4 Å². The normalized spacial score (nSPS) is 21.4. The molecule has 1 aliphatic heterocycles. The van der Waals surface area contributed by atoms with E-state index in [0.29, 0.717) is 0 Å². The summed E-state index contributed by atoms with van der Waals surface area (Å²) in [7, 11) is 0. The SMILES string of the molecule is Cc1ccc(C[C@H]2CCCN2)cc1C. The molecule has 1 N–H and O–H groups in total. The molecule has 0 unspecified atom stereocenters. The van der Waals surface area contributed by atoms with E-state index in [4.69, 9.17) is 0 Å². The van der Waals surface area contributed by atoms with Crippen molar-refractivity contribution in [2.75, 3.05) is 6.54 Å². The fourth-order valence-corrected chi connectivity index (χ4v) is 2.15. The van der Waals surface area contributed by atoms with E-state index in [9.17, 15) is 0 Å². The Morgan fingerprint density at radius 2 is 2.14 bits per heavy atom. The maximum atomic E-state index is 3.54. The summed E-state index contributed by atoms with van der Waals surface area (Å²) in [5.74, 6) is 0. The Kier molecular flexibility index (Phi) is 2.87. The standard InChI is InChI=1S/C13H19N/c1-10-5-6-12(8-11(10)2)9-13-4-3-7-14-13/h5-6,8,13-14H,3-4,7,9H2,1-2H3/t13-/m1/s1. The first-order valence-electron chi connectivity index (χ1n) is 5.55. The highest BCUT2D eigenvalue weighted by molar-refractivity contribution is 5.30. The minimum atomic E-state index is 0.720. The van der Waals surface area contributed by atoms with Gasteiger partial charge in [0.2, 0.25) is 0 Å². The topological polar surface area (TPSA) is 12.0 Å². The third kappa shape index (κ3) is 2.16. The minimum absolute atomic E-state index is 0.720. The smallest absolute Gasteiger partial charge is 0.0108 e. The number of rotatable bonds is 2. The average molecular weight is 189 g/mol. The maximum Gasteiger partial charge on any atom is 0.0108 e. The number of hydrogen-bond donors (Lipinski definition) is 1. The van der Waals surface area contributed by atoms with Gasteiger partial charge in [-0.05, 0) is 56.3 Å². The summed E-state index contributed by atoms with van der Waals surface area (Å²) in [6, 6.07) is 7.55. The first kappa shape index (κ1) is 9.72. The molecule has 76 valence electrons. The highest BCUT2D eigenvalue weighted by Crippen LogP contribution is 2.15. The van der Waals surface area contributed by atoms with Crippen molar-refractivity contribution in [3.63, 3.8) is 0 Å². The highest BCUT2D eigenvalue weighted by Gasteiger charge is 2.14. The van der Waals surface area contributed by atoms with Gasteiger partial charge in [-0.1, -0.05) is 18.2 Å². The first-order valence-corrected chi connectivity index (χ1v) is 5.55. The van der Waals surface area contributed by atoms with Crippen LogP contribution < -0.4 is 5.32 Å². The van der Waals surface area contributed by atoms with Crippen LogP contribution in [0, 0.1) is 13.8 Å². The molecular weight excluding hydrogens is 170 g/mol. The molecule has 1 heteroatoms. The zero-order chi connectivity index (χ0) is 9.97. The molecule has 0 bridgehead atoms. The van der Waals surface area contributed by atoms with Gasteiger partial charge in [0.05, 0.1) is 0 Å². The van der Waals surface area contributed by atoms with Crippen molar-refractivity contribution in [2.45, 2.75) is 39.2 Å². The van der Waals surface area contributed by atoms with Gasteiger partial charge >= 0.3 is 0 Å². The molecule has 1 aromatic rings. The first-order chi connectivity index (χ1) is 6.75. The van der Waals surface area contributed by atoms with E-state index in [1.165, 1.54) is 42.5 Å². The average Bonchev–Trinajstić information content (AvgIpc) is 2.64. The van der Waals surface area contributed by atoms with Crippen LogP contribution in [0.5, 0.6) is 0 Å². The van der Waals surface area contributed by atoms with Crippen molar-refractivity contribution in [3.05, 3.63) is 34.9 Å². The van der Waals surface area contributed by atoms with Crippen molar-refractivity contribution < 1.29 is 0 Å². The zero-order valence-corrected chi connectivity index (χ0v) is 9.14.